The highest BCUT2D eigenvalue weighted by atomic mass is 16.5. The molecule has 0 aliphatic carbocycles. The minimum Gasteiger partial charge on any atom is -0.377 e. The minimum absolute atomic E-state index is 0.0144. The molecule has 2 aromatic heterocycles. The number of nitrogens with zero attached hydrogens (tertiary/aromatic N) is 4. The summed E-state index contributed by atoms with van der Waals surface area (Å²) in [7, 11) is 0. The third-order valence-electron chi connectivity index (χ3n) is 3.75. The zero-order chi connectivity index (χ0) is 15.2. The molecule has 0 aromatic carbocycles. The van der Waals surface area contributed by atoms with Gasteiger partial charge in [0.05, 0.1) is 30.5 Å². The first-order valence-electron chi connectivity index (χ1n) is 7.38. The number of carbonyl (C=O) groups excluding carboxylic acids is 1. The van der Waals surface area contributed by atoms with Crippen LogP contribution in [0.4, 0.5) is 0 Å². The number of pyridine rings is 1. The topological polar surface area (TPSA) is 68.2 Å². The van der Waals surface area contributed by atoms with Gasteiger partial charge in [0.1, 0.15) is 0 Å². The van der Waals surface area contributed by atoms with E-state index in [2.05, 4.69) is 15.0 Å². The highest BCUT2D eigenvalue weighted by Crippen LogP contribution is 2.16. The third kappa shape index (κ3) is 3.46. The number of carbonyl (C=O) groups is 1. The molecule has 1 amide bonds. The first-order valence-corrected chi connectivity index (χ1v) is 7.38. The van der Waals surface area contributed by atoms with Crippen molar-refractivity contribution in [3.63, 3.8) is 0 Å². The van der Waals surface area contributed by atoms with Crippen molar-refractivity contribution < 1.29 is 9.53 Å². The average molecular weight is 298 g/mol. The lowest BCUT2D eigenvalue weighted by molar-refractivity contribution is -0.00415. The monoisotopic (exact) mass is 298 g/mol. The SMILES string of the molecule is O=C(c1cccnc1)N1CCOCC1CCc1cnccn1. The number of amides is 1. The fourth-order valence-corrected chi connectivity index (χ4v) is 2.59. The van der Waals surface area contributed by atoms with Crippen molar-refractivity contribution in [1.82, 2.24) is 19.9 Å². The lowest BCUT2D eigenvalue weighted by Crippen LogP contribution is -2.48. The molecule has 22 heavy (non-hydrogen) atoms. The maximum Gasteiger partial charge on any atom is 0.255 e. The number of aromatic nitrogens is 3. The number of ether oxygens (including phenoxy) is 1. The van der Waals surface area contributed by atoms with E-state index in [9.17, 15) is 4.79 Å². The molecule has 6 nitrogen and oxygen atoms in total. The summed E-state index contributed by atoms with van der Waals surface area (Å²) in [6.45, 7) is 1.75. The number of morpholine rings is 1. The lowest BCUT2D eigenvalue weighted by Gasteiger charge is -2.35. The quantitative estimate of drug-likeness (QED) is 0.852. The Balaban J connectivity index is 1.67. The van der Waals surface area contributed by atoms with Crippen LogP contribution in [0.25, 0.3) is 0 Å². The molecule has 114 valence electrons. The maximum atomic E-state index is 12.6. The van der Waals surface area contributed by atoms with Crippen LogP contribution in [-0.2, 0) is 11.2 Å². The van der Waals surface area contributed by atoms with Gasteiger partial charge < -0.3 is 9.64 Å². The number of hydrogen-bond acceptors (Lipinski definition) is 5. The molecule has 6 heteroatoms. The molecular weight excluding hydrogens is 280 g/mol. The van der Waals surface area contributed by atoms with E-state index in [4.69, 9.17) is 4.74 Å². The summed E-state index contributed by atoms with van der Waals surface area (Å²) in [6, 6.07) is 3.63. The van der Waals surface area contributed by atoms with Gasteiger partial charge in [0.15, 0.2) is 0 Å². The van der Waals surface area contributed by atoms with Crippen LogP contribution in [0.1, 0.15) is 22.5 Å². The Morgan fingerprint density at radius 2 is 2.18 bits per heavy atom. The Morgan fingerprint density at radius 1 is 1.27 bits per heavy atom. The zero-order valence-corrected chi connectivity index (χ0v) is 12.3. The molecule has 3 rings (SSSR count). The molecule has 0 bridgehead atoms. The Bertz CT molecular complexity index is 606. The first kappa shape index (κ1) is 14.6. The van der Waals surface area contributed by atoms with Crippen molar-refractivity contribution in [2.75, 3.05) is 19.8 Å². The second-order valence-corrected chi connectivity index (χ2v) is 5.20. The molecule has 2 aromatic rings. The predicted molar refractivity (Wildman–Crippen MR) is 80.2 cm³/mol. The number of hydrogen-bond donors (Lipinski definition) is 0. The van der Waals surface area contributed by atoms with Crippen LogP contribution in [0.15, 0.2) is 43.1 Å². The van der Waals surface area contributed by atoms with Crippen molar-refractivity contribution in [2.24, 2.45) is 0 Å². The maximum absolute atomic E-state index is 12.6. The van der Waals surface area contributed by atoms with Crippen LogP contribution < -0.4 is 0 Å². The van der Waals surface area contributed by atoms with Crippen molar-refractivity contribution in [1.29, 1.82) is 0 Å². The number of rotatable bonds is 4. The van der Waals surface area contributed by atoms with Crippen LogP contribution in [0.3, 0.4) is 0 Å². The first-order chi connectivity index (χ1) is 10.8. The van der Waals surface area contributed by atoms with E-state index in [0.29, 0.717) is 25.3 Å². The van der Waals surface area contributed by atoms with Gasteiger partial charge >= 0.3 is 0 Å². The van der Waals surface area contributed by atoms with Crippen LogP contribution in [0.2, 0.25) is 0 Å². The van der Waals surface area contributed by atoms with E-state index in [1.165, 1.54) is 0 Å². The molecule has 0 spiro atoms. The van der Waals surface area contributed by atoms with Crippen molar-refractivity contribution in [3.8, 4) is 0 Å². The molecule has 0 radical (unpaired) electrons. The molecule has 1 atom stereocenters. The van der Waals surface area contributed by atoms with Gasteiger partial charge in [-0.25, -0.2) is 0 Å². The van der Waals surface area contributed by atoms with Gasteiger partial charge in [-0.15, -0.1) is 0 Å². The second kappa shape index (κ2) is 7.09. The van der Waals surface area contributed by atoms with E-state index in [1.54, 1.807) is 43.1 Å². The summed E-state index contributed by atoms with van der Waals surface area (Å²) in [5.41, 5.74) is 1.55. The Kier molecular flexibility index (Phi) is 4.70. The fraction of sp³-hybridized carbons (Fsp3) is 0.375. The Morgan fingerprint density at radius 3 is 2.95 bits per heavy atom. The predicted octanol–water partition coefficient (Wildman–Crippen LogP) is 1.35. The molecule has 1 fully saturated rings. The summed E-state index contributed by atoms with van der Waals surface area (Å²) in [4.78, 5) is 26.9. The molecule has 1 aliphatic rings. The van der Waals surface area contributed by atoms with E-state index in [0.717, 1.165) is 18.5 Å². The van der Waals surface area contributed by atoms with E-state index in [1.807, 2.05) is 4.90 Å². The normalized spacial score (nSPS) is 18.2. The van der Waals surface area contributed by atoms with Gasteiger partial charge in [0, 0.05) is 37.5 Å². The smallest absolute Gasteiger partial charge is 0.255 e. The van der Waals surface area contributed by atoms with Crippen LogP contribution >= 0.6 is 0 Å². The van der Waals surface area contributed by atoms with Crippen LogP contribution in [0.5, 0.6) is 0 Å². The summed E-state index contributed by atoms with van der Waals surface area (Å²) < 4.78 is 5.54. The summed E-state index contributed by atoms with van der Waals surface area (Å²) in [5, 5.41) is 0. The van der Waals surface area contributed by atoms with Gasteiger partial charge in [-0.1, -0.05) is 0 Å². The molecule has 3 heterocycles. The van der Waals surface area contributed by atoms with Gasteiger partial charge in [0.25, 0.3) is 5.91 Å². The molecule has 0 saturated carbocycles. The van der Waals surface area contributed by atoms with Crippen molar-refractivity contribution >= 4 is 5.91 Å². The van der Waals surface area contributed by atoms with Crippen molar-refractivity contribution in [2.45, 2.75) is 18.9 Å². The number of aryl methyl sites for hydroxylation is 1. The summed E-state index contributed by atoms with van der Waals surface area (Å²) in [5.74, 6) is 0.0144. The fourth-order valence-electron chi connectivity index (χ4n) is 2.59. The Hall–Kier alpha value is -2.34. The van der Waals surface area contributed by atoms with Crippen molar-refractivity contribution in [3.05, 3.63) is 54.4 Å². The second-order valence-electron chi connectivity index (χ2n) is 5.20. The summed E-state index contributed by atoms with van der Waals surface area (Å²) >= 11 is 0. The minimum atomic E-state index is 0.0144. The van der Waals surface area contributed by atoms with Gasteiger partial charge in [-0.3, -0.25) is 19.7 Å². The van der Waals surface area contributed by atoms with Gasteiger partial charge in [0.2, 0.25) is 0 Å². The third-order valence-corrected chi connectivity index (χ3v) is 3.75. The largest absolute Gasteiger partial charge is 0.377 e. The standard InChI is InChI=1S/C16H18N4O2/c21-16(13-2-1-5-17-10-13)20-8-9-22-12-15(20)4-3-14-11-18-6-7-19-14/h1-2,5-7,10-11,15H,3-4,8-9,12H2. The van der Waals surface area contributed by atoms with Gasteiger partial charge in [-0.05, 0) is 25.0 Å². The Labute approximate surface area is 129 Å². The average Bonchev–Trinajstić information content (AvgIpc) is 2.61. The highest BCUT2D eigenvalue weighted by molar-refractivity contribution is 5.94. The molecule has 1 unspecified atom stereocenters. The van der Waals surface area contributed by atoms with Gasteiger partial charge in [-0.2, -0.15) is 0 Å². The lowest BCUT2D eigenvalue weighted by atomic mass is 10.1. The molecule has 0 N–H and O–H groups in total. The molecule has 1 aliphatic heterocycles. The van der Waals surface area contributed by atoms with E-state index >= 15 is 0 Å². The van der Waals surface area contributed by atoms with Crippen LogP contribution in [-0.4, -0.2) is 51.6 Å². The zero-order valence-electron chi connectivity index (χ0n) is 12.3. The van der Waals surface area contributed by atoms with E-state index < -0.39 is 0 Å². The van der Waals surface area contributed by atoms with Crippen LogP contribution in [0, 0.1) is 0 Å². The van der Waals surface area contributed by atoms with E-state index in [-0.39, 0.29) is 11.9 Å². The molecule has 1 saturated heterocycles. The summed E-state index contributed by atoms with van der Waals surface area (Å²) in [6.07, 6.45) is 9.97. The highest BCUT2D eigenvalue weighted by Gasteiger charge is 2.28. The molecular formula is C16H18N4O2.